The van der Waals surface area contributed by atoms with Gasteiger partial charge in [0, 0.05) is 25.1 Å². The molecule has 0 saturated carbocycles. The first-order chi connectivity index (χ1) is 9.28. The third-order valence-electron chi connectivity index (χ3n) is 2.98. The maximum absolute atomic E-state index is 5.22. The van der Waals surface area contributed by atoms with Crippen molar-refractivity contribution >= 4 is 5.69 Å². The molecule has 19 heavy (non-hydrogen) atoms. The van der Waals surface area contributed by atoms with Crippen molar-refractivity contribution in [2.75, 3.05) is 11.9 Å². The monoisotopic (exact) mass is 259 g/mol. The molecule has 1 aromatic heterocycles. The van der Waals surface area contributed by atoms with Crippen LogP contribution in [-0.2, 0) is 12.8 Å². The lowest BCUT2D eigenvalue weighted by Gasteiger charge is -2.04. The highest BCUT2D eigenvalue weighted by molar-refractivity contribution is 5.44. The van der Waals surface area contributed by atoms with Crippen LogP contribution in [0.1, 0.15) is 37.0 Å². The number of nitrogens with zero attached hydrogens (tertiary/aromatic N) is 2. The van der Waals surface area contributed by atoms with Crippen LogP contribution >= 0.6 is 0 Å². The molecule has 1 N–H and O–H groups in total. The van der Waals surface area contributed by atoms with Crippen LogP contribution < -0.4 is 5.32 Å². The molecule has 0 aliphatic carbocycles. The highest BCUT2D eigenvalue weighted by Crippen LogP contribution is 2.09. The van der Waals surface area contributed by atoms with Crippen LogP contribution in [-0.4, -0.2) is 16.7 Å². The molecule has 0 radical (unpaired) electrons. The smallest absolute Gasteiger partial charge is 0.228 e. The van der Waals surface area contributed by atoms with Gasteiger partial charge in [-0.25, -0.2) is 0 Å². The molecule has 0 unspecified atom stereocenters. The molecule has 0 bridgehead atoms. The van der Waals surface area contributed by atoms with Crippen LogP contribution in [0.25, 0.3) is 0 Å². The van der Waals surface area contributed by atoms with Crippen molar-refractivity contribution in [1.29, 1.82) is 0 Å². The summed E-state index contributed by atoms with van der Waals surface area (Å²) in [7, 11) is 0. The minimum Gasteiger partial charge on any atom is -0.385 e. The van der Waals surface area contributed by atoms with Crippen molar-refractivity contribution in [3.8, 4) is 0 Å². The van der Waals surface area contributed by atoms with Crippen LogP contribution in [0.4, 0.5) is 5.69 Å². The summed E-state index contributed by atoms with van der Waals surface area (Å²) in [5.41, 5.74) is 2.39. The van der Waals surface area contributed by atoms with Crippen LogP contribution in [0.2, 0.25) is 0 Å². The zero-order chi connectivity index (χ0) is 13.5. The van der Waals surface area contributed by atoms with E-state index in [-0.39, 0.29) is 0 Å². The van der Waals surface area contributed by atoms with E-state index in [1.54, 1.807) is 0 Å². The van der Waals surface area contributed by atoms with Gasteiger partial charge < -0.3 is 9.84 Å². The van der Waals surface area contributed by atoms with Crippen molar-refractivity contribution in [1.82, 2.24) is 10.1 Å². The molecule has 0 aliphatic heterocycles. The summed E-state index contributed by atoms with van der Waals surface area (Å²) in [4.78, 5) is 4.38. The first-order valence-corrected chi connectivity index (χ1v) is 6.90. The molecule has 0 aliphatic rings. The van der Waals surface area contributed by atoms with Crippen LogP contribution in [0.3, 0.4) is 0 Å². The van der Waals surface area contributed by atoms with Gasteiger partial charge in [0.2, 0.25) is 5.89 Å². The summed E-state index contributed by atoms with van der Waals surface area (Å²) >= 11 is 0. The standard InChI is InChI=1S/C15H21N3O/c1-3-4-5-14-17-15(19-18-14)10-11-16-13-8-6-12(2)7-9-13/h6-9,16H,3-5,10-11H2,1-2H3. The van der Waals surface area contributed by atoms with Gasteiger partial charge in [-0.2, -0.15) is 4.98 Å². The number of hydrogen-bond donors (Lipinski definition) is 1. The fourth-order valence-corrected chi connectivity index (χ4v) is 1.81. The average Bonchev–Trinajstić information content (AvgIpc) is 2.87. The molecular formula is C15H21N3O. The van der Waals surface area contributed by atoms with Gasteiger partial charge in [-0.15, -0.1) is 0 Å². The van der Waals surface area contributed by atoms with Gasteiger partial charge in [-0.1, -0.05) is 36.2 Å². The number of rotatable bonds is 7. The number of anilines is 1. The Morgan fingerprint density at radius 2 is 1.95 bits per heavy atom. The van der Waals surface area contributed by atoms with E-state index in [9.17, 15) is 0 Å². The predicted octanol–water partition coefficient (Wildman–Crippen LogP) is 3.38. The van der Waals surface area contributed by atoms with Crippen molar-refractivity contribution in [2.24, 2.45) is 0 Å². The van der Waals surface area contributed by atoms with E-state index in [0.29, 0.717) is 5.89 Å². The quantitative estimate of drug-likeness (QED) is 0.828. The molecule has 2 rings (SSSR count). The summed E-state index contributed by atoms with van der Waals surface area (Å²) in [5.74, 6) is 1.54. The molecule has 1 aromatic carbocycles. The summed E-state index contributed by atoms with van der Waals surface area (Å²) < 4.78 is 5.22. The summed E-state index contributed by atoms with van der Waals surface area (Å²) in [6.45, 7) is 5.05. The van der Waals surface area contributed by atoms with Gasteiger partial charge in [0.25, 0.3) is 0 Å². The van der Waals surface area contributed by atoms with Crippen LogP contribution in [0.5, 0.6) is 0 Å². The largest absolute Gasteiger partial charge is 0.385 e. The van der Waals surface area contributed by atoms with Gasteiger partial charge in [-0.05, 0) is 25.5 Å². The zero-order valence-corrected chi connectivity index (χ0v) is 11.6. The molecule has 102 valence electrons. The number of hydrogen-bond acceptors (Lipinski definition) is 4. The second kappa shape index (κ2) is 6.92. The first-order valence-electron chi connectivity index (χ1n) is 6.90. The van der Waals surface area contributed by atoms with E-state index in [2.05, 4.69) is 53.6 Å². The molecule has 0 amide bonds. The fraction of sp³-hybridized carbons (Fsp3) is 0.467. The number of aryl methyl sites for hydroxylation is 2. The molecule has 0 saturated heterocycles. The van der Waals surface area contributed by atoms with Gasteiger partial charge in [0.05, 0.1) is 0 Å². The minimum atomic E-state index is 0.714. The Bertz CT molecular complexity index is 490. The normalized spacial score (nSPS) is 10.6. The number of aromatic nitrogens is 2. The van der Waals surface area contributed by atoms with E-state index < -0.39 is 0 Å². The van der Waals surface area contributed by atoms with E-state index in [1.807, 2.05) is 0 Å². The number of unbranched alkanes of at least 4 members (excludes halogenated alkanes) is 1. The fourth-order valence-electron chi connectivity index (χ4n) is 1.81. The Balaban J connectivity index is 1.76. The van der Waals surface area contributed by atoms with E-state index in [4.69, 9.17) is 4.52 Å². The lowest BCUT2D eigenvalue weighted by Crippen LogP contribution is -2.05. The van der Waals surface area contributed by atoms with Gasteiger partial charge >= 0.3 is 0 Å². The Hall–Kier alpha value is -1.84. The maximum atomic E-state index is 5.22. The summed E-state index contributed by atoms with van der Waals surface area (Å²) in [6.07, 6.45) is 3.93. The van der Waals surface area contributed by atoms with Crippen molar-refractivity contribution < 1.29 is 4.52 Å². The van der Waals surface area contributed by atoms with E-state index >= 15 is 0 Å². The summed E-state index contributed by atoms with van der Waals surface area (Å²) in [5, 5.41) is 7.32. The Kier molecular flexibility index (Phi) is 4.95. The van der Waals surface area contributed by atoms with Crippen molar-refractivity contribution in [2.45, 2.75) is 39.5 Å². The second-order valence-corrected chi connectivity index (χ2v) is 4.75. The maximum Gasteiger partial charge on any atom is 0.228 e. The SMILES string of the molecule is CCCCc1noc(CCNc2ccc(C)cc2)n1. The second-order valence-electron chi connectivity index (χ2n) is 4.75. The molecular weight excluding hydrogens is 238 g/mol. The highest BCUT2D eigenvalue weighted by Gasteiger charge is 2.05. The topological polar surface area (TPSA) is 51.0 Å². The summed E-state index contributed by atoms with van der Waals surface area (Å²) in [6, 6.07) is 8.35. The third kappa shape index (κ3) is 4.39. The molecule has 0 spiro atoms. The molecule has 1 heterocycles. The average molecular weight is 259 g/mol. The van der Waals surface area contributed by atoms with E-state index in [1.165, 1.54) is 5.56 Å². The number of nitrogens with one attached hydrogen (secondary N) is 1. The van der Waals surface area contributed by atoms with Crippen molar-refractivity contribution in [3.63, 3.8) is 0 Å². The van der Waals surface area contributed by atoms with Crippen molar-refractivity contribution in [3.05, 3.63) is 41.5 Å². The first kappa shape index (κ1) is 13.6. The van der Waals surface area contributed by atoms with Gasteiger partial charge in [-0.3, -0.25) is 0 Å². The van der Waals surface area contributed by atoms with Crippen LogP contribution in [0, 0.1) is 6.92 Å². The molecule has 0 atom stereocenters. The van der Waals surface area contributed by atoms with E-state index in [0.717, 1.165) is 43.7 Å². The Morgan fingerprint density at radius 3 is 2.68 bits per heavy atom. The molecule has 4 nitrogen and oxygen atoms in total. The Labute approximate surface area is 114 Å². The van der Waals surface area contributed by atoms with Gasteiger partial charge in [0.15, 0.2) is 5.82 Å². The molecule has 2 aromatic rings. The van der Waals surface area contributed by atoms with Crippen LogP contribution in [0.15, 0.2) is 28.8 Å². The molecule has 0 fully saturated rings. The highest BCUT2D eigenvalue weighted by atomic mass is 16.5. The number of benzene rings is 1. The lowest BCUT2D eigenvalue weighted by molar-refractivity contribution is 0.374. The minimum absolute atomic E-state index is 0.714. The lowest BCUT2D eigenvalue weighted by atomic mass is 10.2. The Morgan fingerprint density at radius 1 is 1.16 bits per heavy atom. The predicted molar refractivity (Wildman–Crippen MR) is 76.3 cm³/mol. The molecule has 4 heteroatoms. The zero-order valence-electron chi connectivity index (χ0n) is 11.6. The van der Waals surface area contributed by atoms with Gasteiger partial charge in [0.1, 0.15) is 0 Å². The third-order valence-corrected chi connectivity index (χ3v) is 2.98.